The summed E-state index contributed by atoms with van der Waals surface area (Å²) in [5, 5.41) is 0. The number of anilines is 1. The maximum absolute atomic E-state index is 12.4. The van der Waals surface area contributed by atoms with E-state index in [2.05, 4.69) is 9.97 Å². The number of carbonyl (C=O) groups excluding carboxylic acids is 1. The molecule has 2 aromatic rings. The van der Waals surface area contributed by atoms with Crippen molar-refractivity contribution in [1.82, 2.24) is 9.97 Å². The summed E-state index contributed by atoms with van der Waals surface area (Å²) in [6.45, 7) is 0. The van der Waals surface area contributed by atoms with Crippen LogP contribution in [0.1, 0.15) is 34.1 Å². The monoisotopic (exact) mass is 239 g/mol. The van der Waals surface area contributed by atoms with Crippen molar-refractivity contribution >= 4 is 11.5 Å². The van der Waals surface area contributed by atoms with Gasteiger partial charge in [-0.1, -0.05) is 6.07 Å². The van der Waals surface area contributed by atoms with Crippen molar-refractivity contribution in [2.75, 3.05) is 5.73 Å². The van der Waals surface area contributed by atoms with E-state index in [4.69, 9.17) is 5.73 Å². The second-order valence-corrected chi connectivity index (χ2v) is 4.44. The average molecular weight is 239 g/mol. The van der Waals surface area contributed by atoms with Gasteiger partial charge in [0, 0.05) is 12.4 Å². The zero-order valence-electron chi connectivity index (χ0n) is 9.84. The van der Waals surface area contributed by atoms with E-state index in [0.29, 0.717) is 11.4 Å². The van der Waals surface area contributed by atoms with E-state index < -0.39 is 0 Å². The summed E-state index contributed by atoms with van der Waals surface area (Å²) in [6.07, 6.45) is 5.01. The Bertz CT molecular complexity index is 609. The van der Waals surface area contributed by atoms with E-state index in [-0.39, 0.29) is 11.7 Å². The van der Waals surface area contributed by atoms with Gasteiger partial charge in [0.15, 0.2) is 5.78 Å². The van der Waals surface area contributed by atoms with Crippen LogP contribution in [0.3, 0.4) is 0 Å². The van der Waals surface area contributed by atoms with Crippen molar-refractivity contribution in [3.63, 3.8) is 0 Å². The van der Waals surface area contributed by atoms with E-state index in [9.17, 15) is 4.79 Å². The standard InChI is InChI=1S/C14H13N3O/c15-11-4-2-8-17-13(11)14(18)10-6-5-9-3-1-7-16-12(9)10/h1-4,7-8,10H,5-6,15H2. The molecular weight excluding hydrogens is 226 g/mol. The lowest BCUT2D eigenvalue weighted by Gasteiger charge is -2.10. The van der Waals surface area contributed by atoms with Gasteiger partial charge in [0.25, 0.3) is 0 Å². The van der Waals surface area contributed by atoms with Crippen LogP contribution in [0.4, 0.5) is 5.69 Å². The third-order valence-corrected chi connectivity index (χ3v) is 3.35. The van der Waals surface area contributed by atoms with Crippen molar-refractivity contribution in [2.45, 2.75) is 18.8 Å². The van der Waals surface area contributed by atoms with Gasteiger partial charge in [0.1, 0.15) is 5.69 Å². The quantitative estimate of drug-likeness (QED) is 0.813. The summed E-state index contributed by atoms with van der Waals surface area (Å²) in [6, 6.07) is 7.36. The van der Waals surface area contributed by atoms with Crippen LogP contribution in [-0.4, -0.2) is 15.8 Å². The van der Waals surface area contributed by atoms with Gasteiger partial charge >= 0.3 is 0 Å². The summed E-state index contributed by atoms with van der Waals surface area (Å²) < 4.78 is 0. The molecule has 2 heterocycles. The fourth-order valence-corrected chi connectivity index (χ4v) is 2.46. The number of hydrogen-bond acceptors (Lipinski definition) is 4. The number of aryl methyl sites for hydroxylation is 1. The Labute approximate surface area is 105 Å². The first-order chi connectivity index (χ1) is 8.77. The van der Waals surface area contributed by atoms with Gasteiger partial charge in [-0.2, -0.15) is 0 Å². The van der Waals surface area contributed by atoms with Crippen LogP contribution in [-0.2, 0) is 6.42 Å². The molecule has 1 atom stereocenters. The molecule has 0 bridgehead atoms. The van der Waals surface area contributed by atoms with Gasteiger partial charge in [-0.25, -0.2) is 0 Å². The minimum Gasteiger partial charge on any atom is -0.397 e. The zero-order chi connectivity index (χ0) is 12.5. The average Bonchev–Trinajstić information content (AvgIpc) is 2.82. The second kappa shape index (κ2) is 4.22. The molecule has 0 spiro atoms. The minimum atomic E-state index is -0.196. The van der Waals surface area contributed by atoms with Gasteiger partial charge < -0.3 is 5.73 Å². The predicted octanol–water partition coefficient (Wildman–Crippen LogP) is 1.97. The molecule has 18 heavy (non-hydrogen) atoms. The number of nitrogens with zero attached hydrogens (tertiary/aromatic N) is 2. The molecule has 1 aliphatic carbocycles. The largest absolute Gasteiger partial charge is 0.397 e. The highest BCUT2D eigenvalue weighted by Gasteiger charge is 2.31. The van der Waals surface area contributed by atoms with Crippen LogP contribution >= 0.6 is 0 Å². The summed E-state index contributed by atoms with van der Waals surface area (Å²) in [5.74, 6) is -0.219. The number of rotatable bonds is 2. The van der Waals surface area contributed by atoms with Crippen LogP contribution in [0.25, 0.3) is 0 Å². The Balaban J connectivity index is 1.99. The van der Waals surface area contributed by atoms with Crippen molar-refractivity contribution < 1.29 is 4.79 Å². The fraction of sp³-hybridized carbons (Fsp3) is 0.214. The Hall–Kier alpha value is -2.23. The molecule has 0 aromatic carbocycles. The van der Waals surface area contributed by atoms with E-state index in [0.717, 1.165) is 24.1 Å². The Morgan fingerprint density at radius 2 is 2.00 bits per heavy atom. The molecule has 2 N–H and O–H groups in total. The normalized spacial score (nSPS) is 17.4. The van der Waals surface area contributed by atoms with E-state index in [1.54, 1.807) is 24.5 Å². The van der Waals surface area contributed by atoms with Crippen molar-refractivity contribution in [3.8, 4) is 0 Å². The Morgan fingerprint density at radius 3 is 2.83 bits per heavy atom. The molecule has 1 unspecified atom stereocenters. The highest BCUT2D eigenvalue weighted by molar-refractivity contribution is 6.03. The highest BCUT2D eigenvalue weighted by atomic mass is 16.1. The molecule has 0 saturated carbocycles. The van der Waals surface area contributed by atoms with Gasteiger partial charge in [-0.15, -0.1) is 0 Å². The lowest BCUT2D eigenvalue weighted by Crippen LogP contribution is -2.14. The van der Waals surface area contributed by atoms with Crippen molar-refractivity contribution in [2.24, 2.45) is 0 Å². The van der Waals surface area contributed by atoms with Gasteiger partial charge in [-0.05, 0) is 36.6 Å². The molecule has 3 rings (SSSR count). The van der Waals surface area contributed by atoms with Gasteiger partial charge in [0.2, 0.25) is 0 Å². The highest BCUT2D eigenvalue weighted by Crippen LogP contribution is 2.34. The lowest BCUT2D eigenvalue weighted by atomic mass is 9.97. The fourth-order valence-electron chi connectivity index (χ4n) is 2.46. The van der Waals surface area contributed by atoms with Crippen LogP contribution in [0.2, 0.25) is 0 Å². The predicted molar refractivity (Wildman–Crippen MR) is 68.3 cm³/mol. The SMILES string of the molecule is Nc1cccnc1C(=O)C1CCc2cccnc21. The number of fused-ring (bicyclic) bond motifs is 1. The summed E-state index contributed by atoms with van der Waals surface area (Å²) >= 11 is 0. The smallest absolute Gasteiger partial charge is 0.192 e. The number of nitrogen functional groups attached to an aromatic ring is 1. The van der Waals surface area contributed by atoms with E-state index >= 15 is 0 Å². The number of aromatic nitrogens is 2. The third kappa shape index (κ3) is 1.66. The van der Waals surface area contributed by atoms with E-state index in [1.165, 1.54) is 0 Å². The summed E-state index contributed by atoms with van der Waals surface area (Å²) in [5.41, 5.74) is 8.64. The molecule has 2 aromatic heterocycles. The molecule has 4 nitrogen and oxygen atoms in total. The number of nitrogens with two attached hydrogens (primary N) is 1. The first-order valence-corrected chi connectivity index (χ1v) is 5.96. The topological polar surface area (TPSA) is 68.9 Å². The zero-order valence-corrected chi connectivity index (χ0v) is 9.84. The van der Waals surface area contributed by atoms with Gasteiger partial charge in [0.05, 0.1) is 17.3 Å². The maximum atomic E-state index is 12.4. The maximum Gasteiger partial charge on any atom is 0.192 e. The van der Waals surface area contributed by atoms with Crippen molar-refractivity contribution in [1.29, 1.82) is 0 Å². The molecular formula is C14H13N3O. The number of pyridine rings is 2. The Kier molecular flexibility index (Phi) is 2.55. The molecule has 0 aliphatic heterocycles. The van der Waals surface area contributed by atoms with Crippen LogP contribution in [0, 0.1) is 0 Å². The number of Topliss-reactive ketones (excluding diaryl/α,β-unsaturated/α-hetero) is 1. The number of ketones is 1. The van der Waals surface area contributed by atoms with Crippen LogP contribution < -0.4 is 5.73 Å². The number of hydrogen-bond donors (Lipinski definition) is 1. The second-order valence-electron chi connectivity index (χ2n) is 4.44. The van der Waals surface area contributed by atoms with Crippen molar-refractivity contribution in [3.05, 3.63) is 53.6 Å². The van der Waals surface area contributed by atoms with Crippen LogP contribution in [0.15, 0.2) is 36.7 Å². The lowest BCUT2D eigenvalue weighted by molar-refractivity contribution is 0.0954. The number of carbonyl (C=O) groups is 1. The minimum absolute atomic E-state index is 0.0226. The molecule has 0 amide bonds. The molecule has 0 radical (unpaired) electrons. The van der Waals surface area contributed by atoms with Gasteiger partial charge in [-0.3, -0.25) is 14.8 Å². The third-order valence-electron chi connectivity index (χ3n) is 3.35. The first kappa shape index (κ1) is 10.9. The molecule has 0 saturated heterocycles. The molecule has 1 aliphatic rings. The molecule has 4 heteroatoms. The van der Waals surface area contributed by atoms with Crippen LogP contribution in [0.5, 0.6) is 0 Å². The molecule has 90 valence electrons. The summed E-state index contributed by atoms with van der Waals surface area (Å²) in [7, 11) is 0. The van der Waals surface area contributed by atoms with E-state index in [1.807, 2.05) is 12.1 Å². The Morgan fingerprint density at radius 1 is 1.22 bits per heavy atom. The first-order valence-electron chi connectivity index (χ1n) is 5.96. The summed E-state index contributed by atoms with van der Waals surface area (Å²) in [4.78, 5) is 20.9. The molecule has 0 fully saturated rings.